The molecular formula is C19H23NO4S2. The van der Waals surface area contributed by atoms with E-state index in [0.29, 0.717) is 30.9 Å². The van der Waals surface area contributed by atoms with Crippen LogP contribution < -0.4 is 4.74 Å². The van der Waals surface area contributed by atoms with Crippen LogP contribution in [0.4, 0.5) is 0 Å². The lowest BCUT2D eigenvalue weighted by atomic mass is 10.1. The van der Waals surface area contributed by atoms with E-state index in [0.717, 1.165) is 11.3 Å². The zero-order valence-corrected chi connectivity index (χ0v) is 16.4. The van der Waals surface area contributed by atoms with Gasteiger partial charge in [0.2, 0.25) is 0 Å². The third-order valence-electron chi connectivity index (χ3n) is 4.37. The number of sulfone groups is 1. The van der Waals surface area contributed by atoms with Gasteiger partial charge in [0.1, 0.15) is 5.75 Å². The van der Waals surface area contributed by atoms with Crippen molar-refractivity contribution in [3.05, 3.63) is 52.2 Å². The molecule has 7 heteroatoms. The predicted octanol–water partition coefficient (Wildman–Crippen LogP) is 3.37. The Morgan fingerprint density at radius 3 is 2.81 bits per heavy atom. The van der Waals surface area contributed by atoms with E-state index in [9.17, 15) is 13.2 Å². The topological polar surface area (TPSA) is 63.7 Å². The van der Waals surface area contributed by atoms with Crippen LogP contribution in [-0.2, 0) is 16.4 Å². The van der Waals surface area contributed by atoms with Gasteiger partial charge in [-0.3, -0.25) is 4.79 Å². The summed E-state index contributed by atoms with van der Waals surface area (Å²) in [6.07, 6.45) is 1.38. The van der Waals surface area contributed by atoms with E-state index in [-0.39, 0.29) is 23.5 Å². The van der Waals surface area contributed by atoms with Gasteiger partial charge in [-0.05, 0) is 42.5 Å². The van der Waals surface area contributed by atoms with Crippen molar-refractivity contribution in [1.82, 2.24) is 4.90 Å². The van der Waals surface area contributed by atoms with Crippen molar-refractivity contribution in [2.45, 2.75) is 32.4 Å². The zero-order chi connectivity index (χ0) is 18.6. The number of carbonyl (C=O) groups excluding carboxylic acids is 1. The molecule has 26 heavy (non-hydrogen) atoms. The summed E-state index contributed by atoms with van der Waals surface area (Å²) in [6.45, 7) is 3.05. The highest BCUT2D eigenvalue weighted by atomic mass is 32.2. The molecule has 0 bridgehead atoms. The maximum atomic E-state index is 13.2. The quantitative estimate of drug-likeness (QED) is 0.724. The van der Waals surface area contributed by atoms with E-state index in [4.69, 9.17) is 4.74 Å². The Balaban J connectivity index is 1.84. The average molecular weight is 394 g/mol. The largest absolute Gasteiger partial charge is 0.494 e. The van der Waals surface area contributed by atoms with Crippen LogP contribution in [-0.4, -0.2) is 43.4 Å². The summed E-state index contributed by atoms with van der Waals surface area (Å²) in [5.74, 6) is 0.692. The maximum absolute atomic E-state index is 13.2. The van der Waals surface area contributed by atoms with Crippen LogP contribution in [0.3, 0.4) is 0 Å². The molecular weight excluding hydrogens is 370 g/mol. The lowest BCUT2D eigenvalue weighted by Gasteiger charge is -2.28. The summed E-state index contributed by atoms with van der Waals surface area (Å²) >= 11 is 1.57. The van der Waals surface area contributed by atoms with E-state index in [2.05, 4.69) is 0 Å². The van der Waals surface area contributed by atoms with Gasteiger partial charge in [0.25, 0.3) is 5.91 Å². The Bertz CT molecular complexity index is 846. The van der Waals surface area contributed by atoms with E-state index >= 15 is 0 Å². The molecule has 0 unspecified atom stereocenters. The number of amides is 1. The van der Waals surface area contributed by atoms with Gasteiger partial charge in [0, 0.05) is 16.5 Å². The molecule has 1 aromatic carbocycles. The Morgan fingerprint density at radius 1 is 1.31 bits per heavy atom. The van der Waals surface area contributed by atoms with Crippen LogP contribution in [0.25, 0.3) is 0 Å². The first-order chi connectivity index (χ1) is 12.5. The molecule has 5 nitrogen and oxygen atoms in total. The van der Waals surface area contributed by atoms with E-state index in [1.165, 1.54) is 0 Å². The number of hydrogen-bond acceptors (Lipinski definition) is 5. The highest BCUT2D eigenvalue weighted by Gasteiger charge is 2.35. The summed E-state index contributed by atoms with van der Waals surface area (Å²) in [6, 6.07) is 10.7. The molecule has 1 aliphatic heterocycles. The summed E-state index contributed by atoms with van der Waals surface area (Å²) in [4.78, 5) is 15.9. The van der Waals surface area contributed by atoms with Gasteiger partial charge in [-0.1, -0.05) is 19.1 Å². The maximum Gasteiger partial charge on any atom is 0.254 e. The second-order valence-electron chi connectivity index (χ2n) is 6.45. The summed E-state index contributed by atoms with van der Waals surface area (Å²) in [5.41, 5.74) is 0.527. The minimum absolute atomic E-state index is 0.0378. The van der Waals surface area contributed by atoms with Gasteiger partial charge in [0.15, 0.2) is 9.84 Å². The predicted molar refractivity (Wildman–Crippen MR) is 103 cm³/mol. The standard InChI is InChI=1S/C19H23NO4S2/c1-2-9-24-17-6-3-5-15(12-17)19(21)20(13-18-7-4-10-25-18)16-8-11-26(22,23)14-16/h3-7,10,12,16H,2,8-9,11,13-14H2,1H3/t16-/m1/s1. The van der Waals surface area contributed by atoms with Crippen molar-refractivity contribution in [2.24, 2.45) is 0 Å². The first-order valence-electron chi connectivity index (χ1n) is 8.75. The molecule has 0 N–H and O–H groups in total. The van der Waals surface area contributed by atoms with Crippen molar-refractivity contribution >= 4 is 27.1 Å². The van der Waals surface area contributed by atoms with Gasteiger partial charge in [-0.15, -0.1) is 11.3 Å². The number of ether oxygens (including phenoxy) is 1. The first kappa shape index (κ1) is 18.9. The number of rotatable bonds is 7. The monoisotopic (exact) mass is 393 g/mol. The van der Waals surface area contributed by atoms with Crippen LogP contribution in [0, 0.1) is 0 Å². The zero-order valence-electron chi connectivity index (χ0n) is 14.8. The number of nitrogens with zero attached hydrogens (tertiary/aromatic N) is 1. The minimum atomic E-state index is -3.07. The fourth-order valence-corrected chi connectivity index (χ4v) is 5.50. The molecule has 3 rings (SSSR count). The van der Waals surface area contributed by atoms with Crippen LogP contribution >= 0.6 is 11.3 Å². The summed E-state index contributed by atoms with van der Waals surface area (Å²) < 4.78 is 29.5. The van der Waals surface area contributed by atoms with Crippen molar-refractivity contribution in [1.29, 1.82) is 0 Å². The third kappa shape index (κ3) is 4.65. The molecule has 1 aromatic heterocycles. The molecule has 0 spiro atoms. The number of hydrogen-bond donors (Lipinski definition) is 0. The fraction of sp³-hybridized carbons (Fsp3) is 0.421. The van der Waals surface area contributed by atoms with Crippen LogP contribution in [0.1, 0.15) is 35.0 Å². The number of thiophene rings is 1. The Labute approximate surface area is 158 Å². The number of benzene rings is 1. The Morgan fingerprint density at radius 2 is 2.15 bits per heavy atom. The summed E-state index contributed by atoms with van der Waals surface area (Å²) in [5, 5.41) is 1.96. The molecule has 140 valence electrons. The smallest absolute Gasteiger partial charge is 0.254 e. The van der Waals surface area contributed by atoms with Gasteiger partial charge >= 0.3 is 0 Å². The lowest BCUT2D eigenvalue weighted by molar-refractivity contribution is 0.0682. The molecule has 1 amide bonds. The Hall–Kier alpha value is -1.86. The van der Waals surface area contributed by atoms with Crippen molar-refractivity contribution in [3.8, 4) is 5.75 Å². The van der Waals surface area contributed by atoms with Crippen LogP contribution in [0.5, 0.6) is 5.75 Å². The van der Waals surface area contributed by atoms with Gasteiger partial charge in [-0.25, -0.2) is 8.42 Å². The van der Waals surface area contributed by atoms with Gasteiger partial charge < -0.3 is 9.64 Å². The minimum Gasteiger partial charge on any atom is -0.494 e. The second-order valence-corrected chi connectivity index (χ2v) is 9.71. The highest BCUT2D eigenvalue weighted by molar-refractivity contribution is 7.91. The summed E-state index contributed by atoms with van der Waals surface area (Å²) in [7, 11) is -3.07. The molecule has 2 heterocycles. The van der Waals surface area contributed by atoms with E-state index < -0.39 is 9.84 Å². The molecule has 1 aliphatic rings. The van der Waals surface area contributed by atoms with Crippen molar-refractivity contribution < 1.29 is 17.9 Å². The van der Waals surface area contributed by atoms with E-state index in [1.807, 2.05) is 30.5 Å². The Kier molecular flexibility index (Phi) is 5.98. The first-order valence-corrected chi connectivity index (χ1v) is 11.5. The SMILES string of the molecule is CCCOc1cccc(C(=O)N(Cc2cccs2)[C@@H]2CCS(=O)(=O)C2)c1. The average Bonchev–Trinajstić information content (AvgIpc) is 3.26. The van der Waals surface area contributed by atoms with E-state index in [1.54, 1.807) is 34.4 Å². The third-order valence-corrected chi connectivity index (χ3v) is 6.98. The van der Waals surface area contributed by atoms with Crippen LogP contribution in [0.2, 0.25) is 0 Å². The molecule has 1 saturated heterocycles. The molecule has 0 aliphatic carbocycles. The second kappa shape index (κ2) is 8.22. The van der Waals surface area contributed by atoms with Gasteiger partial charge in [0.05, 0.1) is 24.7 Å². The molecule has 0 saturated carbocycles. The molecule has 1 atom stereocenters. The number of carbonyl (C=O) groups is 1. The van der Waals surface area contributed by atoms with Crippen molar-refractivity contribution in [2.75, 3.05) is 18.1 Å². The molecule has 1 fully saturated rings. The van der Waals surface area contributed by atoms with Gasteiger partial charge in [-0.2, -0.15) is 0 Å². The normalized spacial score (nSPS) is 18.6. The fourth-order valence-electron chi connectivity index (χ4n) is 3.06. The molecule has 0 radical (unpaired) electrons. The lowest BCUT2D eigenvalue weighted by Crippen LogP contribution is -2.40. The highest BCUT2D eigenvalue weighted by Crippen LogP contribution is 2.25. The van der Waals surface area contributed by atoms with Crippen molar-refractivity contribution in [3.63, 3.8) is 0 Å². The molecule has 2 aromatic rings. The van der Waals surface area contributed by atoms with Crippen LogP contribution in [0.15, 0.2) is 41.8 Å².